The number of hydrogen-bond donors (Lipinski definition) is 1. The lowest BCUT2D eigenvalue weighted by molar-refractivity contribution is 0.0497. The molecule has 0 saturated heterocycles. The number of carbonyl (C=O) groups is 1. The van der Waals surface area contributed by atoms with E-state index in [1.165, 1.54) is 116 Å². The second kappa shape index (κ2) is 21.3. The maximum Gasteiger partial charge on any atom is 0.338 e. The van der Waals surface area contributed by atoms with E-state index in [-0.39, 0.29) is 5.97 Å². The Morgan fingerprint density at radius 2 is 0.938 bits per heavy atom. The molecule has 3 nitrogen and oxygen atoms in total. The monoisotopic (exact) mass is 445 g/mol. The maximum atomic E-state index is 11.9. The SMILES string of the molecule is CCCCCCCCCCCCCCCCCCCCCCOC(=O)c1ccc(N)cc1. The molecule has 0 unspecified atom stereocenters. The van der Waals surface area contributed by atoms with Crippen molar-refractivity contribution in [2.45, 2.75) is 135 Å². The molecule has 0 aliphatic rings. The lowest BCUT2D eigenvalue weighted by atomic mass is 10.0. The van der Waals surface area contributed by atoms with Crippen molar-refractivity contribution in [2.24, 2.45) is 0 Å². The number of benzene rings is 1. The summed E-state index contributed by atoms with van der Waals surface area (Å²) in [7, 11) is 0. The molecule has 0 radical (unpaired) electrons. The molecule has 0 saturated carbocycles. The molecule has 0 aliphatic carbocycles. The molecule has 1 aromatic carbocycles. The van der Waals surface area contributed by atoms with Crippen LogP contribution in [0.15, 0.2) is 24.3 Å². The molecule has 0 atom stereocenters. The van der Waals surface area contributed by atoms with Gasteiger partial charge >= 0.3 is 5.97 Å². The summed E-state index contributed by atoms with van der Waals surface area (Å²) in [5.41, 5.74) is 6.87. The van der Waals surface area contributed by atoms with Gasteiger partial charge in [-0.05, 0) is 30.7 Å². The van der Waals surface area contributed by atoms with Crippen LogP contribution in [0.25, 0.3) is 0 Å². The van der Waals surface area contributed by atoms with E-state index in [4.69, 9.17) is 10.5 Å². The van der Waals surface area contributed by atoms with Gasteiger partial charge in [0.15, 0.2) is 0 Å². The molecule has 0 amide bonds. The third-order valence-electron chi connectivity index (χ3n) is 6.38. The molecule has 1 aromatic rings. The van der Waals surface area contributed by atoms with Gasteiger partial charge in [-0.25, -0.2) is 4.79 Å². The van der Waals surface area contributed by atoms with Crippen LogP contribution < -0.4 is 5.73 Å². The van der Waals surface area contributed by atoms with E-state index in [1.807, 2.05) is 0 Å². The van der Waals surface area contributed by atoms with Crippen LogP contribution in [0.4, 0.5) is 5.69 Å². The first kappa shape index (κ1) is 28.5. The summed E-state index contributed by atoms with van der Waals surface area (Å²) in [5, 5.41) is 0. The zero-order valence-electron chi connectivity index (χ0n) is 21.1. The molecule has 3 heteroatoms. The minimum atomic E-state index is -0.247. The van der Waals surface area contributed by atoms with E-state index < -0.39 is 0 Å². The largest absolute Gasteiger partial charge is 0.462 e. The minimum absolute atomic E-state index is 0.247. The number of unbranched alkanes of at least 4 members (excludes halogenated alkanes) is 19. The quantitative estimate of drug-likeness (QED) is 0.110. The summed E-state index contributed by atoms with van der Waals surface area (Å²) in [5.74, 6) is -0.247. The lowest BCUT2D eigenvalue weighted by Gasteiger charge is -2.06. The second-order valence-corrected chi connectivity index (χ2v) is 9.48. The zero-order valence-corrected chi connectivity index (χ0v) is 21.1. The Labute approximate surface area is 198 Å². The summed E-state index contributed by atoms with van der Waals surface area (Å²) in [4.78, 5) is 11.9. The van der Waals surface area contributed by atoms with Crippen LogP contribution in [-0.2, 0) is 4.74 Å². The molecule has 0 aromatic heterocycles. The van der Waals surface area contributed by atoms with Gasteiger partial charge in [-0.15, -0.1) is 0 Å². The van der Waals surface area contributed by atoms with Crippen LogP contribution >= 0.6 is 0 Å². The number of anilines is 1. The fraction of sp³-hybridized carbons (Fsp3) is 0.759. The topological polar surface area (TPSA) is 52.3 Å². The van der Waals surface area contributed by atoms with Gasteiger partial charge < -0.3 is 10.5 Å². The molecule has 0 aliphatic heterocycles. The van der Waals surface area contributed by atoms with Crippen molar-refractivity contribution in [2.75, 3.05) is 12.3 Å². The van der Waals surface area contributed by atoms with Crippen LogP contribution in [0.2, 0.25) is 0 Å². The van der Waals surface area contributed by atoms with Crippen LogP contribution in [0.1, 0.15) is 146 Å². The standard InChI is InChI=1S/C29H51NO2/c1-2-3-4-5-6-7-8-9-10-11-12-13-14-15-16-17-18-19-20-21-26-32-29(31)27-22-24-28(30)25-23-27/h22-25H,2-21,26,30H2,1H3. The van der Waals surface area contributed by atoms with Gasteiger partial charge in [0, 0.05) is 5.69 Å². The van der Waals surface area contributed by atoms with E-state index in [9.17, 15) is 4.79 Å². The molecule has 0 fully saturated rings. The Morgan fingerprint density at radius 3 is 1.31 bits per heavy atom. The molecule has 184 valence electrons. The third-order valence-corrected chi connectivity index (χ3v) is 6.38. The first-order valence-corrected chi connectivity index (χ1v) is 13.8. The van der Waals surface area contributed by atoms with Crippen LogP contribution in [-0.4, -0.2) is 12.6 Å². The number of carbonyl (C=O) groups excluding carboxylic acids is 1. The number of hydrogen-bond acceptors (Lipinski definition) is 3. The number of nitrogen functional groups attached to an aromatic ring is 1. The summed E-state index contributed by atoms with van der Waals surface area (Å²) < 4.78 is 5.33. The van der Waals surface area contributed by atoms with Gasteiger partial charge in [-0.1, -0.05) is 129 Å². The Balaban J connectivity index is 1.73. The van der Waals surface area contributed by atoms with Crippen molar-refractivity contribution in [1.82, 2.24) is 0 Å². The highest BCUT2D eigenvalue weighted by Crippen LogP contribution is 2.15. The molecule has 0 heterocycles. The molecule has 2 N–H and O–H groups in total. The summed E-state index contributed by atoms with van der Waals surface area (Å²) >= 11 is 0. The van der Waals surface area contributed by atoms with Gasteiger partial charge in [0.05, 0.1) is 12.2 Å². The van der Waals surface area contributed by atoms with Gasteiger partial charge in [0.25, 0.3) is 0 Å². The van der Waals surface area contributed by atoms with Gasteiger partial charge in [0.2, 0.25) is 0 Å². The summed E-state index contributed by atoms with van der Waals surface area (Å²) in [6.07, 6.45) is 27.5. The minimum Gasteiger partial charge on any atom is -0.462 e. The van der Waals surface area contributed by atoms with E-state index >= 15 is 0 Å². The number of nitrogens with two attached hydrogens (primary N) is 1. The van der Waals surface area contributed by atoms with E-state index in [1.54, 1.807) is 24.3 Å². The molecule has 32 heavy (non-hydrogen) atoms. The summed E-state index contributed by atoms with van der Waals surface area (Å²) in [6.45, 7) is 2.80. The first-order valence-electron chi connectivity index (χ1n) is 13.8. The van der Waals surface area contributed by atoms with E-state index in [2.05, 4.69) is 6.92 Å². The first-order chi connectivity index (χ1) is 15.7. The van der Waals surface area contributed by atoms with Crippen LogP contribution in [0.3, 0.4) is 0 Å². The van der Waals surface area contributed by atoms with Crippen molar-refractivity contribution in [1.29, 1.82) is 0 Å². The normalized spacial score (nSPS) is 11.0. The maximum absolute atomic E-state index is 11.9. The Morgan fingerprint density at radius 1 is 0.594 bits per heavy atom. The predicted molar refractivity (Wildman–Crippen MR) is 139 cm³/mol. The number of ether oxygens (including phenoxy) is 1. The van der Waals surface area contributed by atoms with Crippen molar-refractivity contribution < 1.29 is 9.53 Å². The highest BCUT2D eigenvalue weighted by molar-refractivity contribution is 5.89. The fourth-order valence-electron chi connectivity index (χ4n) is 4.22. The molecule has 1 rings (SSSR count). The van der Waals surface area contributed by atoms with Gasteiger partial charge in [-0.3, -0.25) is 0 Å². The third kappa shape index (κ3) is 17.1. The Kier molecular flexibility index (Phi) is 19.0. The smallest absolute Gasteiger partial charge is 0.338 e. The van der Waals surface area contributed by atoms with Crippen molar-refractivity contribution in [3.8, 4) is 0 Å². The van der Waals surface area contributed by atoms with E-state index in [0.717, 1.165) is 12.8 Å². The highest BCUT2D eigenvalue weighted by atomic mass is 16.5. The fourth-order valence-corrected chi connectivity index (χ4v) is 4.22. The second-order valence-electron chi connectivity index (χ2n) is 9.48. The van der Waals surface area contributed by atoms with Crippen molar-refractivity contribution in [3.63, 3.8) is 0 Å². The van der Waals surface area contributed by atoms with E-state index in [0.29, 0.717) is 17.9 Å². The number of rotatable bonds is 22. The van der Waals surface area contributed by atoms with Gasteiger partial charge in [-0.2, -0.15) is 0 Å². The molecular weight excluding hydrogens is 394 g/mol. The average Bonchev–Trinajstić information content (AvgIpc) is 2.80. The molecular formula is C29H51NO2. The van der Waals surface area contributed by atoms with Gasteiger partial charge in [0.1, 0.15) is 0 Å². The highest BCUT2D eigenvalue weighted by Gasteiger charge is 2.05. The van der Waals surface area contributed by atoms with Crippen molar-refractivity contribution in [3.05, 3.63) is 29.8 Å². The van der Waals surface area contributed by atoms with Crippen molar-refractivity contribution >= 4 is 11.7 Å². The lowest BCUT2D eigenvalue weighted by Crippen LogP contribution is -2.06. The summed E-state index contributed by atoms with van der Waals surface area (Å²) in [6, 6.07) is 6.90. The predicted octanol–water partition coefficient (Wildman–Crippen LogP) is 9.25. The molecule has 0 bridgehead atoms. The number of esters is 1. The van der Waals surface area contributed by atoms with Crippen LogP contribution in [0.5, 0.6) is 0 Å². The Hall–Kier alpha value is -1.51. The van der Waals surface area contributed by atoms with Crippen LogP contribution in [0, 0.1) is 0 Å². The molecule has 0 spiro atoms. The zero-order chi connectivity index (χ0) is 23.1. The Bertz CT molecular complexity index is 541. The average molecular weight is 446 g/mol.